The lowest BCUT2D eigenvalue weighted by Crippen LogP contribution is -2.29. The van der Waals surface area contributed by atoms with Gasteiger partial charge in [-0.2, -0.15) is 0 Å². The Morgan fingerprint density at radius 2 is 1.86 bits per heavy atom. The predicted molar refractivity (Wildman–Crippen MR) is 87.2 cm³/mol. The Bertz CT molecular complexity index is 725. The van der Waals surface area contributed by atoms with Crippen molar-refractivity contribution in [3.8, 4) is 5.75 Å². The van der Waals surface area contributed by atoms with E-state index < -0.39 is 0 Å². The second-order valence-corrected chi connectivity index (χ2v) is 6.23. The van der Waals surface area contributed by atoms with Crippen molar-refractivity contribution in [2.24, 2.45) is 0 Å². The highest BCUT2D eigenvalue weighted by atomic mass is 35.5. The summed E-state index contributed by atoms with van der Waals surface area (Å²) in [6, 6.07) is 10.5. The maximum atomic E-state index is 12.6. The number of aromatic hydroxyl groups is 1. The molecule has 1 heterocycles. The lowest BCUT2D eigenvalue weighted by Gasteiger charge is -2.22. The van der Waals surface area contributed by atoms with Crippen LogP contribution in [0.15, 0.2) is 36.4 Å². The zero-order chi connectivity index (χ0) is 15.9. The largest absolute Gasteiger partial charge is 0.508 e. The first-order valence-electron chi connectivity index (χ1n) is 7.02. The maximum Gasteiger partial charge on any atom is 0.227 e. The lowest BCUT2D eigenvalue weighted by molar-refractivity contribution is -0.132. The summed E-state index contributed by atoms with van der Waals surface area (Å²) in [5.41, 5.74) is 2.44. The Morgan fingerprint density at radius 1 is 1.23 bits per heavy atom. The molecule has 2 aromatic carbocycles. The van der Waals surface area contributed by atoms with Gasteiger partial charge in [0, 0.05) is 15.6 Å². The van der Waals surface area contributed by atoms with Crippen LogP contribution in [0.4, 0.5) is 0 Å². The molecule has 114 valence electrons. The molecule has 0 radical (unpaired) electrons. The van der Waals surface area contributed by atoms with Crippen molar-refractivity contribution in [2.45, 2.75) is 25.9 Å². The molecule has 0 saturated heterocycles. The number of hydrogen-bond acceptors (Lipinski definition) is 2. The minimum absolute atomic E-state index is 0.0573. The molecular formula is C17H15Cl2NO2. The van der Waals surface area contributed by atoms with Crippen molar-refractivity contribution < 1.29 is 9.90 Å². The molecule has 3 rings (SSSR count). The number of hydrogen-bond donors (Lipinski definition) is 1. The number of carbonyl (C=O) groups is 1. The SMILES string of the molecule is CC1c2cccc(O)c2CN1C(=O)Cc1c(Cl)cccc1Cl. The molecule has 0 aromatic heterocycles. The van der Waals surface area contributed by atoms with Crippen LogP contribution < -0.4 is 0 Å². The van der Waals surface area contributed by atoms with Crippen LogP contribution in [0.25, 0.3) is 0 Å². The summed E-state index contributed by atoms with van der Waals surface area (Å²) in [6.45, 7) is 2.36. The van der Waals surface area contributed by atoms with E-state index in [-0.39, 0.29) is 24.1 Å². The summed E-state index contributed by atoms with van der Waals surface area (Å²) in [5.74, 6) is 0.175. The number of halogens is 2. The van der Waals surface area contributed by atoms with Gasteiger partial charge in [-0.15, -0.1) is 0 Å². The average molecular weight is 336 g/mol. The lowest BCUT2D eigenvalue weighted by atomic mass is 10.1. The molecule has 1 aliphatic heterocycles. The van der Waals surface area contributed by atoms with E-state index >= 15 is 0 Å². The highest BCUT2D eigenvalue weighted by molar-refractivity contribution is 6.36. The van der Waals surface area contributed by atoms with E-state index in [0.717, 1.165) is 11.1 Å². The Hall–Kier alpha value is -1.71. The Kier molecular flexibility index (Phi) is 4.02. The molecule has 1 unspecified atom stereocenters. The fraction of sp³-hybridized carbons (Fsp3) is 0.235. The summed E-state index contributed by atoms with van der Waals surface area (Å²) in [5, 5.41) is 10.9. The van der Waals surface area contributed by atoms with Crippen molar-refractivity contribution in [3.63, 3.8) is 0 Å². The van der Waals surface area contributed by atoms with Gasteiger partial charge in [-0.3, -0.25) is 4.79 Å². The number of phenols is 1. The molecule has 1 atom stereocenters. The average Bonchev–Trinajstić information content (AvgIpc) is 2.82. The van der Waals surface area contributed by atoms with Gasteiger partial charge in [-0.05, 0) is 36.2 Å². The van der Waals surface area contributed by atoms with Crippen LogP contribution in [-0.2, 0) is 17.8 Å². The van der Waals surface area contributed by atoms with Crippen LogP contribution in [0.2, 0.25) is 10.0 Å². The second-order valence-electron chi connectivity index (χ2n) is 5.42. The highest BCUT2D eigenvalue weighted by Crippen LogP contribution is 2.38. The number of fused-ring (bicyclic) bond motifs is 1. The third-order valence-electron chi connectivity index (χ3n) is 4.14. The van der Waals surface area contributed by atoms with Gasteiger partial charge >= 0.3 is 0 Å². The number of carbonyl (C=O) groups excluding carboxylic acids is 1. The fourth-order valence-corrected chi connectivity index (χ4v) is 3.42. The van der Waals surface area contributed by atoms with Gasteiger partial charge in [-0.1, -0.05) is 41.4 Å². The Labute approximate surface area is 139 Å². The molecule has 2 aromatic rings. The summed E-state index contributed by atoms with van der Waals surface area (Å²) in [6.07, 6.45) is 0.150. The number of nitrogens with zero attached hydrogens (tertiary/aromatic N) is 1. The van der Waals surface area contributed by atoms with Gasteiger partial charge in [-0.25, -0.2) is 0 Å². The van der Waals surface area contributed by atoms with Gasteiger partial charge in [0.1, 0.15) is 5.75 Å². The fourth-order valence-electron chi connectivity index (χ4n) is 2.89. The van der Waals surface area contributed by atoms with E-state index in [1.807, 2.05) is 13.0 Å². The molecule has 5 heteroatoms. The van der Waals surface area contributed by atoms with Gasteiger partial charge < -0.3 is 10.0 Å². The van der Waals surface area contributed by atoms with E-state index in [2.05, 4.69) is 0 Å². The Morgan fingerprint density at radius 3 is 2.50 bits per heavy atom. The normalized spacial score (nSPS) is 16.7. The van der Waals surface area contributed by atoms with Crippen LogP contribution in [-0.4, -0.2) is 15.9 Å². The molecular weight excluding hydrogens is 321 g/mol. The summed E-state index contributed by atoms with van der Waals surface area (Å²) in [7, 11) is 0. The number of rotatable bonds is 2. The molecule has 1 N–H and O–H groups in total. The van der Waals surface area contributed by atoms with Gasteiger partial charge in [0.2, 0.25) is 5.91 Å². The van der Waals surface area contributed by atoms with Crippen LogP contribution in [0.5, 0.6) is 5.75 Å². The van der Waals surface area contributed by atoms with Crippen molar-refractivity contribution in [3.05, 3.63) is 63.1 Å². The molecule has 0 spiro atoms. The molecule has 22 heavy (non-hydrogen) atoms. The minimum Gasteiger partial charge on any atom is -0.508 e. The molecule has 3 nitrogen and oxygen atoms in total. The van der Waals surface area contributed by atoms with E-state index in [1.54, 1.807) is 35.2 Å². The van der Waals surface area contributed by atoms with Crippen LogP contribution in [0, 0.1) is 0 Å². The monoisotopic (exact) mass is 335 g/mol. The van der Waals surface area contributed by atoms with E-state index in [0.29, 0.717) is 22.2 Å². The number of amides is 1. The second kappa shape index (κ2) is 5.82. The smallest absolute Gasteiger partial charge is 0.227 e. The third kappa shape index (κ3) is 2.55. The van der Waals surface area contributed by atoms with Crippen molar-refractivity contribution in [1.29, 1.82) is 0 Å². The standard InChI is InChI=1S/C17H15Cl2NO2/c1-10-11-4-2-7-16(21)13(11)9-20(10)17(22)8-12-14(18)5-3-6-15(12)19/h2-7,10,21H,8-9H2,1H3. The molecule has 1 aliphatic rings. The summed E-state index contributed by atoms with van der Waals surface area (Å²) in [4.78, 5) is 14.4. The van der Waals surface area contributed by atoms with Gasteiger partial charge in [0.25, 0.3) is 0 Å². The highest BCUT2D eigenvalue weighted by Gasteiger charge is 2.32. The van der Waals surface area contributed by atoms with E-state index in [9.17, 15) is 9.90 Å². The molecule has 0 aliphatic carbocycles. The zero-order valence-electron chi connectivity index (χ0n) is 12.0. The van der Waals surface area contributed by atoms with Crippen molar-refractivity contribution in [1.82, 2.24) is 4.90 Å². The third-order valence-corrected chi connectivity index (χ3v) is 4.85. The molecule has 1 amide bonds. The first-order chi connectivity index (χ1) is 10.5. The zero-order valence-corrected chi connectivity index (χ0v) is 13.5. The topological polar surface area (TPSA) is 40.5 Å². The summed E-state index contributed by atoms with van der Waals surface area (Å²) < 4.78 is 0. The van der Waals surface area contributed by atoms with Crippen molar-refractivity contribution >= 4 is 29.1 Å². The van der Waals surface area contributed by atoms with Crippen LogP contribution in [0.3, 0.4) is 0 Å². The first kappa shape index (κ1) is 15.2. The minimum atomic E-state index is -0.0733. The van der Waals surface area contributed by atoms with Gasteiger partial charge in [0.05, 0.1) is 19.0 Å². The quantitative estimate of drug-likeness (QED) is 0.886. The van der Waals surface area contributed by atoms with Gasteiger partial charge in [0.15, 0.2) is 0 Å². The number of phenolic OH excluding ortho intramolecular Hbond substituents is 1. The molecule has 0 bridgehead atoms. The van der Waals surface area contributed by atoms with E-state index in [1.165, 1.54) is 0 Å². The number of benzene rings is 2. The van der Waals surface area contributed by atoms with Crippen molar-refractivity contribution in [2.75, 3.05) is 0 Å². The first-order valence-corrected chi connectivity index (χ1v) is 7.77. The molecule has 0 saturated carbocycles. The predicted octanol–water partition coefficient (Wildman–Crippen LogP) is 4.34. The summed E-state index contributed by atoms with van der Waals surface area (Å²) >= 11 is 12.3. The van der Waals surface area contributed by atoms with Crippen LogP contribution >= 0.6 is 23.2 Å². The maximum absolute atomic E-state index is 12.6. The Balaban J connectivity index is 1.85. The van der Waals surface area contributed by atoms with E-state index in [4.69, 9.17) is 23.2 Å². The molecule has 0 fully saturated rings. The van der Waals surface area contributed by atoms with Crippen LogP contribution in [0.1, 0.15) is 29.7 Å².